The number of aliphatic carboxylic acids is 1. The van der Waals surface area contributed by atoms with E-state index in [0.717, 1.165) is 25.1 Å². The molecule has 1 aliphatic heterocycles. The molecule has 2 unspecified atom stereocenters. The maximum Gasteiger partial charge on any atom is 0.320 e. The van der Waals surface area contributed by atoms with Crippen LogP contribution in [0, 0.1) is 5.82 Å². The molecule has 2 rings (SSSR count). The van der Waals surface area contributed by atoms with Gasteiger partial charge in [-0.3, -0.25) is 14.7 Å². The van der Waals surface area contributed by atoms with Crippen molar-refractivity contribution in [1.29, 1.82) is 0 Å². The Kier molecular flexibility index (Phi) is 3.91. The van der Waals surface area contributed by atoms with Crippen LogP contribution in [0.3, 0.4) is 0 Å². The van der Waals surface area contributed by atoms with Gasteiger partial charge in [0.05, 0.1) is 17.9 Å². The summed E-state index contributed by atoms with van der Waals surface area (Å²) in [6.07, 6.45) is 3.51. The van der Waals surface area contributed by atoms with Crippen molar-refractivity contribution >= 4 is 5.97 Å². The van der Waals surface area contributed by atoms with Crippen molar-refractivity contribution in [2.45, 2.75) is 38.3 Å². The summed E-state index contributed by atoms with van der Waals surface area (Å²) >= 11 is 0. The number of halogens is 1. The number of carboxylic acid groups (broad SMARTS) is 1. The van der Waals surface area contributed by atoms with Crippen LogP contribution in [0.2, 0.25) is 0 Å². The van der Waals surface area contributed by atoms with Crippen molar-refractivity contribution in [2.75, 3.05) is 6.54 Å². The zero-order chi connectivity index (χ0) is 13.1. The lowest BCUT2D eigenvalue weighted by Gasteiger charge is -2.29. The number of hydrogen-bond donors (Lipinski definition) is 1. The Balaban J connectivity index is 2.22. The predicted octanol–water partition coefficient (Wildman–Crippen LogP) is 2.22. The minimum Gasteiger partial charge on any atom is -0.480 e. The quantitative estimate of drug-likeness (QED) is 0.892. The molecule has 1 aliphatic rings. The zero-order valence-corrected chi connectivity index (χ0v) is 10.3. The Bertz CT molecular complexity index is 422. The standard InChI is InChI=1S/C13H17FN2O2/c1-2-11(10-6-5-9(14)8-15-10)16-7-3-4-12(16)13(17)18/h5-6,8,11-12H,2-4,7H2,1H3,(H,17,18). The third kappa shape index (κ3) is 2.51. The fourth-order valence-electron chi connectivity index (χ4n) is 2.63. The van der Waals surface area contributed by atoms with E-state index in [2.05, 4.69) is 4.98 Å². The van der Waals surface area contributed by atoms with Gasteiger partial charge in [0, 0.05) is 0 Å². The molecule has 0 bridgehead atoms. The highest BCUT2D eigenvalue weighted by molar-refractivity contribution is 5.73. The summed E-state index contributed by atoms with van der Waals surface area (Å²) in [7, 11) is 0. The third-order valence-corrected chi connectivity index (χ3v) is 3.46. The molecule has 0 radical (unpaired) electrons. The van der Waals surface area contributed by atoms with Gasteiger partial charge >= 0.3 is 5.97 Å². The van der Waals surface area contributed by atoms with Crippen molar-refractivity contribution in [1.82, 2.24) is 9.88 Å². The van der Waals surface area contributed by atoms with Gasteiger partial charge in [-0.1, -0.05) is 6.92 Å². The smallest absolute Gasteiger partial charge is 0.320 e. The lowest BCUT2D eigenvalue weighted by Crippen LogP contribution is -2.38. The molecule has 0 aromatic carbocycles. The molecule has 98 valence electrons. The van der Waals surface area contributed by atoms with E-state index in [-0.39, 0.29) is 11.9 Å². The average Bonchev–Trinajstić information content (AvgIpc) is 2.82. The van der Waals surface area contributed by atoms with E-state index in [0.29, 0.717) is 6.42 Å². The molecular weight excluding hydrogens is 235 g/mol. The number of likely N-dealkylation sites (tertiary alicyclic amines) is 1. The number of carbonyl (C=O) groups is 1. The fraction of sp³-hybridized carbons (Fsp3) is 0.538. The molecular formula is C13H17FN2O2. The average molecular weight is 252 g/mol. The molecule has 0 saturated carbocycles. The number of carboxylic acids is 1. The Hall–Kier alpha value is -1.49. The first-order valence-corrected chi connectivity index (χ1v) is 6.23. The maximum absolute atomic E-state index is 12.9. The first-order chi connectivity index (χ1) is 8.63. The summed E-state index contributed by atoms with van der Waals surface area (Å²) in [4.78, 5) is 17.2. The van der Waals surface area contributed by atoms with Gasteiger partial charge in [-0.2, -0.15) is 0 Å². The summed E-state index contributed by atoms with van der Waals surface area (Å²) < 4.78 is 12.9. The molecule has 2 atom stereocenters. The molecule has 1 aromatic heterocycles. The van der Waals surface area contributed by atoms with Gasteiger partial charge in [0.15, 0.2) is 0 Å². The van der Waals surface area contributed by atoms with E-state index >= 15 is 0 Å². The molecule has 1 saturated heterocycles. The summed E-state index contributed by atoms with van der Waals surface area (Å²) in [5.41, 5.74) is 0.743. The summed E-state index contributed by atoms with van der Waals surface area (Å²) in [5.74, 6) is -1.15. The lowest BCUT2D eigenvalue weighted by atomic mass is 10.1. The van der Waals surface area contributed by atoms with Gasteiger partial charge in [-0.25, -0.2) is 4.39 Å². The van der Waals surface area contributed by atoms with Gasteiger partial charge in [0.1, 0.15) is 11.9 Å². The summed E-state index contributed by atoms with van der Waals surface area (Å²) in [5, 5.41) is 9.20. The van der Waals surface area contributed by atoms with Crippen LogP contribution in [0.5, 0.6) is 0 Å². The molecule has 0 spiro atoms. The molecule has 1 N–H and O–H groups in total. The second-order valence-corrected chi connectivity index (χ2v) is 4.56. The maximum atomic E-state index is 12.9. The Morgan fingerprint density at radius 3 is 3.00 bits per heavy atom. The second kappa shape index (κ2) is 5.44. The van der Waals surface area contributed by atoms with Crippen LogP contribution in [0.1, 0.15) is 37.9 Å². The zero-order valence-electron chi connectivity index (χ0n) is 10.3. The van der Waals surface area contributed by atoms with Crippen molar-refractivity contribution in [3.05, 3.63) is 29.8 Å². The van der Waals surface area contributed by atoms with Gasteiger partial charge < -0.3 is 5.11 Å². The fourth-order valence-corrected chi connectivity index (χ4v) is 2.63. The number of nitrogens with zero attached hydrogens (tertiary/aromatic N) is 2. The van der Waals surface area contributed by atoms with Gasteiger partial charge in [0.2, 0.25) is 0 Å². The third-order valence-electron chi connectivity index (χ3n) is 3.46. The monoisotopic (exact) mass is 252 g/mol. The van der Waals surface area contributed by atoms with Crippen LogP contribution < -0.4 is 0 Å². The minimum atomic E-state index is -0.784. The summed E-state index contributed by atoms with van der Waals surface area (Å²) in [6.45, 7) is 2.75. The van der Waals surface area contributed by atoms with E-state index in [1.54, 1.807) is 6.07 Å². The first-order valence-electron chi connectivity index (χ1n) is 6.23. The van der Waals surface area contributed by atoms with Crippen LogP contribution in [-0.4, -0.2) is 33.5 Å². The predicted molar refractivity (Wildman–Crippen MR) is 64.6 cm³/mol. The normalized spacial score (nSPS) is 22.0. The Labute approximate surface area is 105 Å². The topological polar surface area (TPSA) is 53.4 Å². The number of rotatable bonds is 4. The Morgan fingerprint density at radius 1 is 1.67 bits per heavy atom. The van der Waals surface area contributed by atoms with Gasteiger partial charge in [-0.15, -0.1) is 0 Å². The van der Waals surface area contributed by atoms with Gasteiger partial charge in [0.25, 0.3) is 0 Å². The minimum absolute atomic E-state index is 0.0470. The Morgan fingerprint density at radius 2 is 2.44 bits per heavy atom. The molecule has 1 fully saturated rings. The summed E-state index contributed by atoms with van der Waals surface area (Å²) in [6, 6.07) is 2.52. The van der Waals surface area contributed by atoms with Crippen LogP contribution in [0.15, 0.2) is 18.3 Å². The molecule has 0 amide bonds. The van der Waals surface area contributed by atoms with Gasteiger partial charge in [-0.05, 0) is 37.9 Å². The molecule has 5 heteroatoms. The van der Waals surface area contributed by atoms with Crippen LogP contribution in [0.4, 0.5) is 4.39 Å². The van der Waals surface area contributed by atoms with E-state index in [1.807, 2.05) is 11.8 Å². The number of aromatic nitrogens is 1. The molecule has 4 nitrogen and oxygen atoms in total. The van der Waals surface area contributed by atoms with Crippen molar-refractivity contribution in [3.8, 4) is 0 Å². The van der Waals surface area contributed by atoms with Crippen molar-refractivity contribution in [2.24, 2.45) is 0 Å². The van der Waals surface area contributed by atoms with Crippen molar-refractivity contribution < 1.29 is 14.3 Å². The van der Waals surface area contributed by atoms with Crippen LogP contribution in [0.25, 0.3) is 0 Å². The van der Waals surface area contributed by atoms with Crippen LogP contribution in [-0.2, 0) is 4.79 Å². The van der Waals surface area contributed by atoms with Crippen LogP contribution >= 0.6 is 0 Å². The van der Waals surface area contributed by atoms with E-state index in [9.17, 15) is 14.3 Å². The highest BCUT2D eigenvalue weighted by Gasteiger charge is 2.35. The van der Waals surface area contributed by atoms with E-state index in [1.165, 1.54) is 12.3 Å². The SMILES string of the molecule is CCC(c1ccc(F)cn1)N1CCCC1C(=O)O. The largest absolute Gasteiger partial charge is 0.480 e. The van der Waals surface area contributed by atoms with Crippen molar-refractivity contribution in [3.63, 3.8) is 0 Å². The molecule has 0 aliphatic carbocycles. The number of pyridine rings is 1. The second-order valence-electron chi connectivity index (χ2n) is 4.56. The van der Waals surface area contributed by atoms with E-state index in [4.69, 9.17) is 0 Å². The highest BCUT2D eigenvalue weighted by atomic mass is 19.1. The lowest BCUT2D eigenvalue weighted by molar-refractivity contribution is -0.143. The van der Waals surface area contributed by atoms with E-state index < -0.39 is 12.0 Å². The highest BCUT2D eigenvalue weighted by Crippen LogP contribution is 2.30. The number of hydrogen-bond acceptors (Lipinski definition) is 3. The molecule has 2 heterocycles. The first kappa shape index (κ1) is 13.0. The molecule has 1 aromatic rings. The molecule has 18 heavy (non-hydrogen) atoms.